The minimum absolute atomic E-state index is 0.165. The van der Waals surface area contributed by atoms with Gasteiger partial charge in [-0.2, -0.15) is 5.10 Å². The van der Waals surface area contributed by atoms with Crippen molar-refractivity contribution >= 4 is 17.5 Å². The summed E-state index contributed by atoms with van der Waals surface area (Å²) in [5.41, 5.74) is 0.377. The molecule has 2 N–H and O–H groups in total. The van der Waals surface area contributed by atoms with Gasteiger partial charge in [-0.05, 0) is 18.6 Å². The van der Waals surface area contributed by atoms with E-state index in [9.17, 15) is 9.90 Å². The molecule has 6 nitrogen and oxygen atoms in total. The molecule has 1 aliphatic carbocycles. The Labute approximate surface area is 120 Å². The number of rotatable bonds is 3. The van der Waals surface area contributed by atoms with E-state index in [1.165, 1.54) is 12.4 Å². The van der Waals surface area contributed by atoms with Crippen molar-refractivity contribution in [1.82, 2.24) is 20.1 Å². The van der Waals surface area contributed by atoms with Gasteiger partial charge >= 0.3 is 0 Å². The highest BCUT2D eigenvalue weighted by Gasteiger charge is 2.42. The fraction of sp³-hybridized carbons (Fsp3) is 0.308. The van der Waals surface area contributed by atoms with E-state index in [4.69, 9.17) is 11.6 Å². The Balaban J connectivity index is 1.72. The molecule has 0 unspecified atom stereocenters. The molecule has 0 bridgehead atoms. The maximum atomic E-state index is 12.2. The van der Waals surface area contributed by atoms with Gasteiger partial charge in [0.25, 0.3) is 5.91 Å². The third kappa shape index (κ3) is 2.28. The van der Waals surface area contributed by atoms with Crippen molar-refractivity contribution in [2.75, 3.05) is 0 Å². The first-order valence-electron chi connectivity index (χ1n) is 6.24. The van der Waals surface area contributed by atoms with E-state index in [1.54, 1.807) is 29.2 Å². The molecule has 0 spiro atoms. The lowest BCUT2D eigenvalue weighted by atomic mass is 9.83. The molecule has 1 saturated carbocycles. The number of aromatic nitrogens is 3. The van der Waals surface area contributed by atoms with Gasteiger partial charge in [0, 0.05) is 24.8 Å². The molecule has 20 heavy (non-hydrogen) atoms. The number of nitrogens with one attached hydrogen (secondary N) is 1. The van der Waals surface area contributed by atoms with Crippen LogP contribution < -0.4 is 5.32 Å². The first-order chi connectivity index (χ1) is 9.66. The van der Waals surface area contributed by atoms with Crippen LogP contribution in [0.4, 0.5) is 0 Å². The lowest BCUT2D eigenvalue weighted by Crippen LogP contribution is -2.56. The molecule has 1 fully saturated rings. The smallest absolute Gasteiger partial charge is 0.253 e. The molecule has 2 heterocycles. The van der Waals surface area contributed by atoms with Crippen LogP contribution in [0.5, 0.6) is 0 Å². The summed E-state index contributed by atoms with van der Waals surface area (Å²) in [4.78, 5) is 16.0. The fourth-order valence-electron chi connectivity index (χ4n) is 2.38. The summed E-state index contributed by atoms with van der Waals surface area (Å²) in [5, 5.41) is 17.1. The zero-order chi connectivity index (χ0) is 14.1. The SMILES string of the molecule is O=C(N[C@H]1C[C@@H](O)[C@@H]1n1cccn1)c1ccncc1Cl. The summed E-state index contributed by atoms with van der Waals surface area (Å²) in [7, 11) is 0. The van der Waals surface area contributed by atoms with E-state index < -0.39 is 6.10 Å². The predicted molar refractivity (Wildman–Crippen MR) is 72.4 cm³/mol. The number of amides is 1. The van der Waals surface area contributed by atoms with Gasteiger partial charge in [0.05, 0.1) is 28.8 Å². The monoisotopic (exact) mass is 292 g/mol. The number of pyridine rings is 1. The first kappa shape index (κ1) is 13.1. The van der Waals surface area contributed by atoms with E-state index in [0.717, 1.165) is 0 Å². The second-order valence-corrected chi connectivity index (χ2v) is 5.12. The highest BCUT2D eigenvalue weighted by Crippen LogP contribution is 2.32. The van der Waals surface area contributed by atoms with Gasteiger partial charge in [0.15, 0.2) is 0 Å². The Kier molecular flexibility index (Phi) is 3.42. The van der Waals surface area contributed by atoms with Crippen molar-refractivity contribution in [2.45, 2.75) is 24.6 Å². The average molecular weight is 293 g/mol. The van der Waals surface area contributed by atoms with Crippen LogP contribution in [0.15, 0.2) is 36.9 Å². The maximum Gasteiger partial charge on any atom is 0.253 e. The Morgan fingerprint density at radius 2 is 2.35 bits per heavy atom. The molecule has 0 radical (unpaired) electrons. The van der Waals surface area contributed by atoms with Crippen molar-refractivity contribution in [3.05, 3.63) is 47.5 Å². The third-order valence-corrected chi connectivity index (χ3v) is 3.77. The average Bonchev–Trinajstić information content (AvgIpc) is 2.91. The molecule has 104 valence electrons. The normalized spacial score (nSPS) is 25.0. The molecule has 3 rings (SSSR count). The van der Waals surface area contributed by atoms with Crippen molar-refractivity contribution in [2.24, 2.45) is 0 Å². The second-order valence-electron chi connectivity index (χ2n) is 4.72. The molecular formula is C13H13ClN4O2. The van der Waals surface area contributed by atoms with Crippen LogP contribution in [0, 0.1) is 0 Å². The van der Waals surface area contributed by atoms with Gasteiger partial charge in [-0.15, -0.1) is 0 Å². The first-order valence-corrected chi connectivity index (χ1v) is 6.62. The number of hydrogen-bond donors (Lipinski definition) is 2. The van der Waals surface area contributed by atoms with Crippen LogP contribution in [-0.2, 0) is 0 Å². The number of carbonyl (C=O) groups excluding carboxylic acids is 1. The molecule has 0 saturated heterocycles. The molecule has 2 aromatic rings. The number of carbonyl (C=O) groups is 1. The van der Waals surface area contributed by atoms with Crippen LogP contribution in [0.2, 0.25) is 5.02 Å². The molecular weight excluding hydrogens is 280 g/mol. The summed E-state index contributed by atoms with van der Waals surface area (Å²) in [6, 6.07) is 2.94. The van der Waals surface area contributed by atoms with Gasteiger partial charge in [-0.3, -0.25) is 14.5 Å². The number of nitrogens with zero attached hydrogens (tertiary/aromatic N) is 3. The Hall–Kier alpha value is -1.92. The topological polar surface area (TPSA) is 80.0 Å². The van der Waals surface area contributed by atoms with Crippen molar-refractivity contribution in [3.63, 3.8) is 0 Å². The highest BCUT2D eigenvalue weighted by molar-refractivity contribution is 6.33. The Morgan fingerprint density at radius 1 is 1.50 bits per heavy atom. The van der Waals surface area contributed by atoms with Crippen LogP contribution in [-0.4, -0.2) is 37.9 Å². The summed E-state index contributed by atoms with van der Waals surface area (Å²) in [6.45, 7) is 0. The quantitative estimate of drug-likeness (QED) is 0.886. The van der Waals surface area contributed by atoms with E-state index in [2.05, 4.69) is 15.4 Å². The van der Waals surface area contributed by atoms with E-state index in [1.807, 2.05) is 0 Å². The number of halogens is 1. The lowest BCUT2D eigenvalue weighted by Gasteiger charge is -2.41. The van der Waals surface area contributed by atoms with E-state index >= 15 is 0 Å². The standard InChI is InChI=1S/C13H13ClN4O2/c14-9-7-15-4-2-8(9)13(20)17-10-6-11(19)12(10)18-5-1-3-16-18/h1-5,7,10-12,19H,6H2,(H,17,20)/t10-,11+,12+/m0/s1. The Bertz CT molecular complexity index is 617. The summed E-state index contributed by atoms with van der Waals surface area (Å²) in [5.74, 6) is -0.272. The zero-order valence-electron chi connectivity index (χ0n) is 10.5. The molecule has 0 aromatic carbocycles. The molecule has 7 heteroatoms. The van der Waals surface area contributed by atoms with Gasteiger partial charge in [-0.25, -0.2) is 0 Å². The van der Waals surface area contributed by atoms with Crippen molar-refractivity contribution in [1.29, 1.82) is 0 Å². The minimum Gasteiger partial charge on any atom is -0.391 e. The highest BCUT2D eigenvalue weighted by atomic mass is 35.5. The maximum absolute atomic E-state index is 12.2. The van der Waals surface area contributed by atoms with Crippen molar-refractivity contribution in [3.8, 4) is 0 Å². The van der Waals surface area contributed by atoms with Gasteiger partial charge in [-0.1, -0.05) is 11.6 Å². The van der Waals surface area contributed by atoms with Crippen LogP contribution >= 0.6 is 11.6 Å². The predicted octanol–water partition coefficient (Wildman–Crippen LogP) is 1.04. The van der Waals surface area contributed by atoms with E-state index in [0.29, 0.717) is 17.0 Å². The number of hydrogen-bond acceptors (Lipinski definition) is 4. The lowest BCUT2D eigenvalue weighted by molar-refractivity contribution is -0.00588. The fourth-order valence-corrected chi connectivity index (χ4v) is 2.58. The van der Waals surface area contributed by atoms with Gasteiger partial charge < -0.3 is 10.4 Å². The largest absolute Gasteiger partial charge is 0.391 e. The summed E-state index contributed by atoms with van der Waals surface area (Å²) < 4.78 is 1.66. The van der Waals surface area contributed by atoms with E-state index in [-0.39, 0.29) is 18.0 Å². The number of aliphatic hydroxyl groups is 1. The van der Waals surface area contributed by atoms with Gasteiger partial charge in [0.2, 0.25) is 0 Å². The number of aliphatic hydroxyl groups excluding tert-OH is 1. The minimum atomic E-state index is -0.506. The van der Waals surface area contributed by atoms with Crippen molar-refractivity contribution < 1.29 is 9.90 Å². The molecule has 3 atom stereocenters. The van der Waals surface area contributed by atoms with Crippen LogP contribution in [0.1, 0.15) is 22.8 Å². The third-order valence-electron chi connectivity index (χ3n) is 3.47. The van der Waals surface area contributed by atoms with Crippen LogP contribution in [0.25, 0.3) is 0 Å². The molecule has 0 aliphatic heterocycles. The second kappa shape index (κ2) is 5.22. The molecule has 2 aromatic heterocycles. The summed E-state index contributed by atoms with van der Waals surface area (Å²) in [6.07, 6.45) is 6.35. The summed E-state index contributed by atoms with van der Waals surface area (Å²) >= 11 is 5.94. The Morgan fingerprint density at radius 3 is 3.00 bits per heavy atom. The van der Waals surface area contributed by atoms with Crippen LogP contribution in [0.3, 0.4) is 0 Å². The zero-order valence-corrected chi connectivity index (χ0v) is 11.2. The molecule has 1 aliphatic rings. The van der Waals surface area contributed by atoms with Gasteiger partial charge in [0.1, 0.15) is 0 Å². The molecule has 1 amide bonds.